The molecule has 4 aliphatic rings. The van der Waals surface area contributed by atoms with E-state index in [1.165, 1.54) is 32.1 Å². The number of primary amides is 1. The highest BCUT2D eigenvalue weighted by atomic mass is 16.6. The molecule has 4 rings (SSSR count). The van der Waals surface area contributed by atoms with Crippen molar-refractivity contribution in [1.82, 2.24) is 15.5 Å². The zero-order chi connectivity index (χ0) is 31.0. The van der Waals surface area contributed by atoms with Crippen molar-refractivity contribution in [3.8, 4) is 0 Å². The third kappa shape index (κ3) is 7.46. The highest BCUT2D eigenvalue weighted by Crippen LogP contribution is 2.65. The van der Waals surface area contributed by atoms with Crippen LogP contribution in [0, 0.1) is 28.6 Å². The second-order valence-corrected chi connectivity index (χ2v) is 15.5. The van der Waals surface area contributed by atoms with Crippen molar-refractivity contribution < 1.29 is 28.7 Å². The van der Waals surface area contributed by atoms with E-state index in [2.05, 4.69) is 10.6 Å². The predicted octanol–water partition coefficient (Wildman–Crippen LogP) is 3.84. The molecular formula is C32H52N4O6. The summed E-state index contributed by atoms with van der Waals surface area (Å²) in [5, 5.41) is 5.63. The standard InChI is InChI=1S/C32H52N4O6/c1-30(2,3)25(35-29(41)42-31(4,5)6)28(40)36-18-32(16-21(32)20-13-8-7-9-14-20)17-23(36)27(39)34-22(24(37)26(33)38)15-19-11-10-12-19/h19-23,25H,7-18H2,1-6H3,(H2,33,38)(H,34,39)(H,35,41)/t21?,22?,23?,25-,32+/m1/s1. The Morgan fingerprint density at radius 2 is 1.55 bits per heavy atom. The van der Waals surface area contributed by atoms with Crippen molar-refractivity contribution in [2.75, 3.05) is 6.54 Å². The van der Waals surface area contributed by atoms with Gasteiger partial charge in [-0.1, -0.05) is 72.1 Å². The second kappa shape index (κ2) is 12.2. The summed E-state index contributed by atoms with van der Waals surface area (Å²) in [5.74, 6) is -1.33. The van der Waals surface area contributed by atoms with Gasteiger partial charge in [0.05, 0.1) is 6.04 Å². The van der Waals surface area contributed by atoms with Gasteiger partial charge in [-0.05, 0) is 68.6 Å². The number of hydrogen-bond acceptors (Lipinski definition) is 6. The molecule has 0 aromatic heterocycles. The molecule has 10 nitrogen and oxygen atoms in total. The van der Waals surface area contributed by atoms with E-state index in [9.17, 15) is 24.0 Å². The fourth-order valence-electron chi connectivity index (χ4n) is 7.45. The molecule has 4 fully saturated rings. The van der Waals surface area contributed by atoms with E-state index >= 15 is 0 Å². The average Bonchev–Trinajstić information content (AvgIpc) is 3.42. The van der Waals surface area contributed by atoms with Crippen LogP contribution in [0.2, 0.25) is 0 Å². The number of Topliss-reactive ketones (excluding diaryl/α,β-unsaturated/α-hetero) is 1. The molecule has 0 aromatic rings. The molecule has 3 saturated carbocycles. The Hall–Kier alpha value is -2.65. The molecule has 1 heterocycles. The van der Waals surface area contributed by atoms with Crippen LogP contribution in [0.25, 0.3) is 0 Å². The molecule has 42 heavy (non-hydrogen) atoms. The molecule has 1 saturated heterocycles. The van der Waals surface area contributed by atoms with Crippen LogP contribution in [0.1, 0.15) is 112 Å². The fraction of sp³-hybridized carbons (Fsp3) is 0.844. The molecule has 10 heteroatoms. The van der Waals surface area contributed by atoms with Crippen LogP contribution in [-0.4, -0.2) is 64.8 Å². The van der Waals surface area contributed by atoms with Crippen LogP contribution in [0.15, 0.2) is 0 Å². The van der Waals surface area contributed by atoms with Crippen LogP contribution < -0.4 is 16.4 Å². The molecule has 5 atom stereocenters. The van der Waals surface area contributed by atoms with E-state index in [-0.39, 0.29) is 17.2 Å². The quantitative estimate of drug-likeness (QED) is 0.349. The SMILES string of the molecule is CC(C)(C)OC(=O)N[C@H](C(=O)N1C[C@@]2(CC1C(=O)NC(CC1CCC1)C(=O)C(N)=O)CC2C1CCCCC1)C(C)(C)C. The first-order chi connectivity index (χ1) is 19.5. The van der Waals surface area contributed by atoms with E-state index in [4.69, 9.17) is 10.5 Å². The molecule has 1 aliphatic heterocycles. The van der Waals surface area contributed by atoms with Gasteiger partial charge in [0.2, 0.25) is 17.6 Å². The number of nitrogens with two attached hydrogens (primary N) is 1. The van der Waals surface area contributed by atoms with Crippen LogP contribution in [0.4, 0.5) is 4.79 Å². The monoisotopic (exact) mass is 588 g/mol. The lowest BCUT2D eigenvalue weighted by molar-refractivity contribution is -0.143. The van der Waals surface area contributed by atoms with Gasteiger partial charge < -0.3 is 26.0 Å². The van der Waals surface area contributed by atoms with Crippen molar-refractivity contribution in [2.45, 2.75) is 136 Å². The third-order valence-corrected chi connectivity index (χ3v) is 9.96. The van der Waals surface area contributed by atoms with Crippen LogP contribution in [0.5, 0.6) is 0 Å². The summed E-state index contributed by atoms with van der Waals surface area (Å²) in [7, 11) is 0. The van der Waals surface area contributed by atoms with E-state index in [0.29, 0.717) is 31.2 Å². The third-order valence-electron chi connectivity index (χ3n) is 9.96. The minimum atomic E-state index is -1.07. The average molecular weight is 589 g/mol. The number of likely N-dealkylation sites (tertiary alicyclic amines) is 1. The maximum absolute atomic E-state index is 14.3. The number of rotatable bonds is 9. The highest BCUT2D eigenvalue weighted by Gasteiger charge is 2.64. The summed E-state index contributed by atoms with van der Waals surface area (Å²) in [5.41, 5.74) is 3.81. The fourth-order valence-corrected chi connectivity index (χ4v) is 7.45. The molecule has 0 bridgehead atoms. The Balaban J connectivity index is 1.58. The van der Waals surface area contributed by atoms with E-state index in [1.54, 1.807) is 25.7 Å². The largest absolute Gasteiger partial charge is 0.444 e. The van der Waals surface area contributed by atoms with Gasteiger partial charge in [-0.2, -0.15) is 0 Å². The maximum atomic E-state index is 14.3. The molecule has 1 spiro atoms. The topological polar surface area (TPSA) is 148 Å². The minimum absolute atomic E-state index is 0.148. The summed E-state index contributed by atoms with van der Waals surface area (Å²) in [6.45, 7) is 11.3. The number of alkyl carbamates (subject to hydrolysis) is 1. The Morgan fingerprint density at radius 1 is 0.905 bits per heavy atom. The lowest BCUT2D eigenvalue weighted by Gasteiger charge is -2.36. The summed E-state index contributed by atoms with van der Waals surface area (Å²) >= 11 is 0. The Kier molecular flexibility index (Phi) is 9.34. The zero-order valence-corrected chi connectivity index (χ0v) is 26.4. The van der Waals surface area contributed by atoms with Crippen LogP contribution in [0.3, 0.4) is 0 Å². The molecule has 0 aromatic carbocycles. The number of nitrogens with one attached hydrogen (secondary N) is 2. The number of carbonyl (C=O) groups excluding carboxylic acids is 5. The predicted molar refractivity (Wildman–Crippen MR) is 158 cm³/mol. The number of carbonyl (C=O) groups is 5. The van der Waals surface area contributed by atoms with E-state index in [1.807, 2.05) is 20.8 Å². The molecule has 3 unspecified atom stereocenters. The Morgan fingerprint density at radius 3 is 2.07 bits per heavy atom. The van der Waals surface area contributed by atoms with Gasteiger partial charge >= 0.3 is 6.09 Å². The van der Waals surface area contributed by atoms with E-state index < -0.39 is 52.8 Å². The molecular weight excluding hydrogens is 536 g/mol. The molecule has 3 aliphatic carbocycles. The highest BCUT2D eigenvalue weighted by molar-refractivity contribution is 6.37. The normalized spacial score (nSPS) is 28.0. The minimum Gasteiger partial charge on any atom is -0.444 e. The van der Waals surface area contributed by atoms with Crippen molar-refractivity contribution in [3.63, 3.8) is 0 Å². The zero-order valence-electron chi connectivity index (χ0n) is 26.4. The number of ketones is 1. The number of amides is 4. The molecule has 4 N–H and O–H groups in total. The molecule has 0 radical (unpaired) electrons. The van der Waals surface area contributed by atoms with Crippen LogP contribution in [-0.2, 0) is 23.9 Å². The smallest absolute Gasteiger partial charge is 0.408 e. The van der Waals surface area contributed by atoms with Gasteiger partial charge in [-0.15, -0.1) is 0 Å². The number of nitrogens with zero attached hydrogens (tertiary/aromatic N) is 1. The van der Waals surface area contributed by atoms with Crippen LogP contribution >= 0.6 is 0 Å². The van der Waals surface area contributed by atoms with Crippen molar-refractivity contribution >= 4 is 29.6 Å². The van der Waals surface area contributed by atoms with E-state index in [0.717, 1.165) is 25.7 Å². The summed E-state index contributed by atoms with van der Waals surface area (Å²) in [4.78, 5) is 67.2. The molecule has 236 valence electrons. The van der Waals surface area contributed by atoms with Gasteiger partial charge in [-0.3, -0.25) is 19.2 Å². The Labute approximate surface area is 250 Å². The van der Waals surface area contributed by atoms with Gasteiger partial charge in [0.15, 0.2) is 0 Å². The maximum Gasteiger partial charge on any atom is 0.408 e. The van der Waals surface area contributed by atoms with Gasteiger partial charge in [0, 0.05) is 6.54 Å². The second-order valence-electron chi connectivity index (χ2n) is 15.5. The number of ether oxygens (including phenoxy) is 1. The summed E-state index contributed by atoms with van der Waals surface area (Å²) < 4.78 is 5.47. The van der Waals surface area contributed by atoms with Crippen molar-refractivity contribution in [3.05, 3.63) is 0 Å². The molecule has 4 amide bonds. The first-order valence-electron chi connectivity index (χ1n) is 15.9. The van der Waals surface area contributed by atoms with Crippen molar-refractivity contribution in [1.29, 1.82) is 0 Å². The first kappa shape index (κ1) is 32.3. The lowest BCUT2D eigenvalue weighted by atomic mass is 9.80. The summed E-state index contributed by atoms with van der Waals surface area (Å²) in [6.07, 6.45) is 10.2. The lowest BCUT2D eigenvalue weighted by Crippen LogP contribution is -2.59. The van der Waals surface area contributed by atoms with Gasteiger partial charge in [-0.25, -0.2) is 4.79 Å². The summed E-state index contributed by atoms with van der Waals surface area (Å²) in [6, 6.07) is -2.73. The first-order valence-corrected chi connectivity index (χ1v) is 15.9. The van der Waals surface area contributed by atoms with Gasteiger partial charge in [0.25, 0.3) is 5.91 Å². The number of hydrogen-bond donors (Lipinski definition) is 3. The van der Waals surface area contributed by atoms with Crippen molar-refractivity contribution in [2.24, 2.45) is 34.3 Å². The Bertz CT molecular complexity index is 1070. The van der Waals surface area contributed by atoms with Gasteiger partial charge in [0.1, 0.15) is 17.7 Å².